The minimum Gasteiger partial charge on any atom is -0.462 e. The second-order valence-corrected chi connectivity index (χ2v) is 7.88. The molecule has 0 unspecified atom stereocenters. The van der Waals surface area contributed by atoms with Crippen LogP contribution in [-0.2, 0) is 16.0 Å². The zero-order chi connectivity index (χ0) is 21.3. The van der Waals surface area contributed by atoms with Crippen molar-refractivity contribution in [3.05, 3.63) is 63.6 Å². The number of hydrogen-bond acceptors (Lipinski definition) is 6. The fraction of sp³-hybridized carbons (Fsp3) is 0.273. The highest BCUT2D eigenvalue weighted by atomic mass is 127. The number of benzene rings is 2. The molecule has 30 heavy (non-hydrogen) atoms. The van der Waals surface area contributed by atoms with Crippen molar-refractivity contribution in [2.75, 3.05) is 11.9 Å². The summed E-state index contributed by atoms with van der Waals surface area (Å²) in [4.78, 5) is 28.4. The Labute approximate surface area is 188 Å². The van der Waals surface area contributed by atoms with Crippen LogP contribution in [0.15, 0.2) is 53.1 Å². The summed E-state index contributed by atoms with van der Waals surface area (Å²) in [6.07, 6.45) is 2.35. The normalized spacial score (nSPS) is 10.6. The Bertz CT molecular complexity index is 984. The van der Waals surface area contributed by atoms with Gasteiger partial charge in [-0.3, -0.25) is 4.79 Å². The number of nitrogens with zero attached hydrogens (tertiary/aromatic N) is 2. The van der Waals surface area contributed by atoms with Gasteiger partial charge >= 0.3 is 5.97 Å². The lowest BCUT2D eigenvalue weighted by Crippen LogP contribution is -2.13. The monoisotopic (exact) mass is 519 g/mol. The molecule has 2 aromatic carbocycles. The van der Waals surface area contributed by atoms with Gasteiger partial charge in [0.15, 0.2) is 0 Å². The first kappa shape index (κ1) is 21.9. The third kappa shape index (κ3) is 6.38. The summed E-state index contributed by atoms with van der Waals surface area (Å²) < 4.78 is 11.5. The molecular formula is C22H22IN3O4. The van der Waals surface area contributed by atoms with E-state index in [1.54, 1.807) is 24.3 Å². The molecule has 1 heterocycles. The molecule has 0 spiro atoms. The molecule has 0 fully saturated rings. The number of carbonyl (C=O) groups excluding carboxylic acids is 2. The number of nitrogens with one attached hydrogen (secondary N) is 1. The third-order valence-corrected chi connectivity index (χ3v) is 4.99. The maximum atomic E-state index is 12.2. The van der Waals surface area contributed by atoms with Crippen molar-refractivity contribution < 1.29 is 18.8 Å². The smallest absolute Gasteiger partial charge is 0.338 e. The van der Waals surface area contributed by atoms with Crippen LogP contribution in [0.25, 0.3) is 11.4 Å². The van der Waals surface area contributed by atoms with Crippen molar-refractivity contribution >= 4 is 40.2 Å². The molecule has 7 nitrogen and oxygen atoms in total. The van der Waals surface area contributed by atoms with E-state index in [4.69, 9.17) is 9.26 Å². The molecule has 0 atom stereocenters. The summed E-state index contributed by atoms with van der Waals surface area (Å²) >= 11 is 2.23. The largest absolute Gasteiger partial charge is 0.462 e. The van der Waals surface area contributed by atoms with Gasteiger partial charge in [0, 0.05) is 27.7 Å². The Kier molecular flexibility index (Phi) is 7.95. The highest BCUT2D eigenvalue weighted by Crippen LogP contribution is 2.18. The SMILES string of the molecule is CCCCOC(=O)c1ccc(NC(=O)CCc2nc(-c3ccc(I)cc3)no2)cc1. The fourth-order valence-corrected chi connectivity index (χ4v) is 2.96. The van der Waals surface area contributed by atoms with E-state index in [1.165, 1.54) is 0 Å². The van der Waals surface area contributed by atoms with Gasteiger partial charge in [-0.25, -0.2) is 4.79 Å². The highest BCUT2D eigenvalue weighted by molar-refractivity contribution is 14.1. The summed E-state index contributed by atoms with van der Waals surface area (Å²) in [5.74, 6) is 0.371. The lowest BCUT2D eigenvalue weighted by molar-refractivity contribution is -0.116. The molecule has 8 heteroatoms. The number of ether oxygens (including phenoxy) is 1. The molecule has 1 amide bonds. The molecule has 0 aliphatic heterocycles. The van der Waals surface area contributed by atoms with Gasteiger partial charge in [0.25, 0.3) is 0 Å². The molecule has 0 bridgehead atoms. The van der Waals surface area contributed by atoms with Crippen LogP contribution in [0.3, 0.4) is 0 Å². The van der Waals surface area contributed by atoms with Gasteiger partial charge in [-0.2, -0.15) is 4.98 Å². The third-order valence-electron chi connectivity index (χ3n) is 4.27. The zero-order valence-corrected chi connectivity index (χ0v) is 18.7. The predicted molar refractivity (Wildman–Crippen MR) is 121 cm³/mol. The van der Waals surface area contributed by atoms with E-state index < -0.39 is 0 Å². The number of amides is 1. The van der Waals surface area contributed by atoms with E-state index in [2.05, 4.69) is 38.0 Å². The van der Waals surface area contributed by atoms with Gasteiger partial charge in [0.2, 0.25) is 17.6 Å². The van der Waals surface area contributed by atoms with Gasteiger partial charge in [-0.15, -0.1) is 0 Å². The number of aryl methyl sites for hydroxylation is 1. The van der Waals surface area contributed by atoms with Crippen molar-refractivity contribution in [3.63, 3.8) is 0 Å². The van der Waals surface area contributed by atoms with Crippen molar-refractivity contribution in [2.24, 2.45) is 0 Å². The average Bonchev–Trinajstić information content (AvgIpc) is 3.22. The molecule has 0 aliphatic rings. The van der Waals surface area contributed by atoms with Gasteiger partial charge in [-0.1, -0.05) is 30.6 Å². The van der Waals surface area contributed by atoms with Crippen LogP contribution in [0.4, 0.5) is 5.69 Å². The molecule has 156 valence electrons. The first-order chi connectivity index (χ1) is 14.5. The summed E-state index contributed by atoms with van der Waals surface area (Å²) in [6, 6.07) is 14.4. The molecule has 1 aromatic heterocycles. The number of carbonyl (C=O) groups is 2. The Morgan fingerprint density at radius 3 is 2.53 bits per heavy atom. The minimum atomic E-state index is -0.360. The van der Waals surface area contributed by atoms with Crippen LogP contribution < -0.4 is 5.32 Å². The maximum Gasteiger partial charge on any atom is 0.338 e. The second-order valence-electron chi connectivity index (χ2n) is 6.63. The lowest BCUT2D eigenvalue weighted by atomic mass is 10.2. The highest BCUT2D eigenvalue weighted by Gasteiger charge is 2.12. The van der Waals surface area contributed by atoms with Gasteiger partial charge in [0.1, 0.15) is 0 Å². The molecule has 0 saturated heterocycles. The number of unbranched alkanes of at least 4 members (excludes halogenated alkanes) is 1. The van der Waals surface area contributed by atoms with Crippen LogP contribution in [0, 0.1) is 3.57 Å². The van der Waals surface area contributed by atoms with Crippen LogP contribution >= 0.6 is 22.6 Å². The Morgan fingerprint density at radius 1 is 1.10 bits per heavy atom. The van der Waals surface area contributed by atoms with E-state index >= 15 is 0 Å². The second kappa shape index (κ2) is 10.9. The van der Waals surface area contributed by atoms with Gasteiger partial charge in [0.05, 0.1) is 12.2 Å². The number of esters is 1. The first-order valence-electron chi connectivity index (χ1n) is 9.70. The number of halogens is 1. The fourth-order valence-electron chi connectivity index (χ4n) is 2.60. The van der Waals surface area contributed by atoms with Crippen LogP contribution in [0.5, 0.6) is 0 Å². The van der Waals surface area contributed by atoms with E-state index in [1.807, 2.05) is 31.2 Å². The number of aromatic nitrogens is 2. The van der Waals surface area contributed by atoms with E-state index in [-0.39, 0.29) is 18.3 Å². The van der Waals surface area contributed by atoms with Gasteiger partial charge < -0.3 is 14.6 Å². The Morgan fingerprint density at radius 2 is 1.83 bits per heavy atom. The van der Waals surface area contributed by atoms with Crippen molar-refractivity contribution in [1.29, 1.82) is 0 Å². The summed E-state index contributed by atoms with van der Waals surface area (Å²) in [7, 11) is 0. The molecule has 0 radical (unpaired) electrons. The Balaban J connectivity index is 1.48. The number of anilines is 1. The van der Waals surface area contributed by atoms with Crippen LogP contribution in [0.2, 0.25) is 0 Å². The van der Waals surface area contributed by atoms with E-state index in [0.29, 0.717) is 36.0 Å². The quantitative estimate of drug-likeness (QED) is 0.246. The summed E-state index contributed by atoms with van der Waals surface area (Å²) in [5, 5.41) is 6.76. The van der Waals surface area contributed by atoms with Crippen LogP contribution in [-0.4, -0.2) is 28.6 Å². The van der Waals surface area contributed by atoms with Crippen molar-refractivity contribution in [3.8, 4) is 11.4 Å². The standard InChI is InChI=1S/C22H22IN3O4/c1-2-3-14-29-22(28)16-6-10-18(11-7-16)24-19(27)12-13-20-25-21(26-30-20)15-4-8-17(23)9-5-15/h4-11H,2-3,12-14H2,1H3,(H,24,27). The van der Waals surface area contributed by atoms with Gasteiger partial charge in [-0.05, 0) is 65.4 Å². The van der Waals surface area contributed by atoms with Crippen molar-refractivity contribution in [2.45, 2.75) is 32.6 Å². The van der Waals surface area contributed by atoms with E-state index in [0.717, 1.165) is 22.0 Å². The lowest BCUT2D eigenvalue weighted by Gasteiger charge is -2.06. The summed E-state index contributed by atoms with van der Waals surface area (Å²) in [6.45, 7) is 2.45. The van der Waals surface area contributed by atoms with Crippen LogP contribution in [0.1, 0.15) is 42.4 Å². The first-order valence-corrected chi connectivity index (χ1v) is 10.8. The van der Waals surface area contributed by atoms with E-state index in [9.17, 15) is 9.59 Å². The minimum absolute atomic E-state index is 0.178. The zero-order valence-electron chi connectivity index (χ0n) is 16.6. The molecule has 3 aromatic rings. The predicted octanol–water partition coefficient (Wildman–Crippen LogP) is 4.87. The topological polar surface area (TPSA) is 94.3 Å². The number of rotatable bonds is 9. The molecule has 1 N–H and O–H groups in total. The molecular weight excluding hydrogens is 497 g/mol. The maximum absolute atomic E-state index is 12.2. The Hall–Kier alpha value is -2.75. The average molecular weight is 519 g/mol. The van der Waals surface area contributed by atoms with Crippen molar-refractivity contribution in [1.82, 2.24) is 10.1 Å². The summed E-state index contributed by atoms with van der Waals surface area (Å²) in [5.41, 5.74) is 1.93. The molecule has 0 saturated carbocycles. The molecule has 3 rings (SSSR count). The molecule has 0 aliphatic carbocycles. The number of hydrogen-bond donors (Lipinski definition) is 1.